The Kier molecular flexibility index (Phi) is 2.97. The molecule has 1 unspecified atom stereocenters. The zero-order valence-electron chi connectivity index (χ0n) is 7.47. The molecule has 1 atom stereocenters. The minimum absolute atomic E-state index is 0.167. The van der Waals surface area contributed by atoms with Gasteiger partial charge in [-0.3, -0.25) is 4.79 Å². The first-order chi connectivity index (χ1) is 6.09. The first-order valence-corrected chi connectivity index (χ1v) is 4.05. The van der Waals surface area contributed by atoms with Crippen molar-refractivity contribution in [1.82, 2.24) is 0 Å². The van der Waals surface area contributed by atoms with E-state index in [4.69, 9.17) is 5.73 Å². The first-order valence-electron chi connectivity index (χ1n) is 4.05. The van der Waals surface area contributed by atoms with Crippen molar-refractivity contribution in [2.75, 3.05) is 0 Å². The minimum Gasteiger partial charge on any atom is -0.389 e. The van der Waals surface area contributed by atoms with E-state index in [-0.39, 0.29) is 12.5 Å². The zero-order valence-corrected chi connectivity index (χ0v) is 7.47. The van der Waals surface area contributed by atoms with Crippen molar-refractivity contribution in [2.24, 2.45) is 5.73 Å². The molecule has 0 radical (unpaired) electrons. The molecule has 0 saturated carbocycles. The number of hydrogen-bond donors (Lipinski definition) is 2. The van der Waals surface area contributed by atoms with Crippen LogP contribution in [-0.4, -0.2) is 11.0 Å². The molecular weight excluding hydrogens is 168 g/mol. The Morgan fingerprint density at radius 1 is 1.62 bits per heavy atom. The highest BCUT2D eigenvalue weighted by Crippen LogP contribution is 2.07. The summed E-state index contributed by atoms with van der Waals surface area (Å²) in [6.45, 7) is 1.86. The molecule has 70 valence electrons. The monoisotopic (exact) mass is 181 g/mol. The highest BCUT2D eigenvalue weighted by atomic mass is 16.3. The minimum atomic E-state index is -0.483. The van der Waals surface area contributed by atoms with Crippen molar-refractivity contribution >= 4 is 5.91 Å². The second-order valence-electron chi connectivity index (χ2n) is 2.95. The molecule has 1 heterocycles. The Morgan fingerprint density at radius 3 is 2.54 bits per heavy atom. The molecular formula is C9H13N2O2+. The molecule has 13 heavy (non-hydrogen) atoms. The van der Waals surface area contributed by atoms with Crippen molar-refractivity contribution in [3.8, 4) is 0 Å². The van der Waals surface area contributed by atoms with E-state index in [1.54, 1.807) is 36.0 Å². The predicted octanol–water partition coefficient (Wildman–Crippen LogP) is -0.487. The maximum absolute atomic E-state index is 10.5. The number of hydrogen-bond acceptors (Lipinski definition) is 2. The highest BCUT2D eigenvalue weighted by molar-refractivity contribution is 5.72. The first kappa shape index (κ1) is 9.67. The van der Waals surface area contributed by atoms with E-state index in [2.05, 4.69) is 0 Å². The van der Waals surface area contributed by atoms with Gasteiger partial charge in [-0.25, -0.2) is 0 Å². The molecule has 0 aliphatic carbocycles. The van der Waals surface area contributed by atoms with Gasteiger partial charge in [0.25, 0.3) is 5.91 Å². The van der Waals surface area contributed by atoms with Crippen LogP contribution in [0.25, 0.3) is 0 Å². The van der Waals surface area contributed by atoms with Crippen LogP contribution >= 0.6 is 0 Å². The molecule has 4 heteroatoms. The summed E-state index contributed by atoms with van der Waals surface area (Å²) in [5.41, 5.74) is 5.83. The molecule has 0 fully saturated rings. The van der Waals surface area contributed by atoms with Gasteiger partial charge in [-0.2, -0.15) is 4.57 Å². The van der Waals surface area contributed by atoms with Gasteiger partial charge in [0.1, 0.15) is 0 Å². The summed E-state index contributed by atoms with van der Waals surface area (Å²) in [4.78, 5) is 10.5. The number of amides is 1. The van der Waals surface area contributed by atoms with Crippen molar-refractivity contribution in [3.63, 3.8) is 0 Å². The highest BCUT2D eigenvalue weighted by Gasteiger charge is 2.06. The van der Waals surface area contributed by atoms with Gasteiger partial charge in [-0.15, -0.1) is 0 Å². The Morgan fingerprint density at radius 2 is 2.15 bits per heavy atom. The number of carbonyl (C=O) groups excluding carboxylic acids is 1. The van der Waals surface area contributed by atoms with Crippen molar-refractivity contribution < 1.29 is 14.5 Å². The molecule has 0 aromatic carbocycles. The van der Waals surface area contributed by atoms with Gasteiger partial charge in [-0.1, -0.05) is 0 Å². The van der Waals surface area contributed by atoms with Crippen LogP contribution in [0.15, 0.2) is 24.5 Å². The second-order valence-corrected chi connectivity index (χ2v) is 2.95. The number of aliphatic hydroxyl groups is 1. The number of aromatic nitrogens is 1. The molecule has 1 aromatic heterocycles. The topological polar surface area (TPSA) is 67.2 Å². The van der Waals surface area contributed by atoms with E-state index >= 15 is 0 Å². The third-order valence-electron chi connectivity index (χ3n) is 1.74. The van der Waals surface area contributed by atoms with Crippen molar-refractivity contribution in [3.05, 3.63) is 30.1 Å². The average molecular weight is 181 g/mol. The number of nitrogens with zero attached hydrogens (tertiary/aromatic N) is 1. The zero-order chi connectivity index (χ0) is 9.84. The fraction of sp³-hybridized carbons (Fsp3) is 0.333. The van der Waals surface area contributed by atoms with Gasteiger partial charge in [0.05, 0.1) is 6.10 Å². The lowest BCUT2D eigenvalue weighted by Crippen LogP contribution is -2.40. The summed E-state index contributed by atoms with van der Waals surface area (Å²) in [5, 5.41) is 9.20. The number of pyridine rings is 1. The molecule has 0 saturated heterocycles. The SMILES string of the molecule is CC(O)c1cc[n+](CC(N)=O)cc1. The van der Waals surface area contributed by atoms with E-state index in [1.807, 2.05) is 0 Å². The summed E-state index contributed by atoms with van der Waals surface area (Å²) in [5.74, 6) is -0.380. The van der Waals surface area contributed by atoms with E-state index in [0.29, 0.717) is 0 Å². The third kappa shape index (κ3) is 2.83. The Balaban J connectivity index is 2.75. The molecule has 1 amide bonds. The molecule has 0 bridgehead atoms. The number of carbonyl (C=O) groups is 1. The maximum Gasteiger partial charge on any atom is 0.283 e. The lowest BCUT2D eigenvalue weighted by atomic mass is 10.2. The maximum atomic E-state index is 10.5. The second kappa shape index (κ2) is 4.00. The normalized spacial score (nSPS) is 12.5. The van der Waals surface area contributed by atoms with Crippen LogP contribution in [0.4, 0.5) is 0 Å². The van der Waals surface area contributed by atoms with Crippen LogP contribution in [-0.2, 0) is 11.3 Å². The molecule has 0 aliphatic rings. The quantitative estimate of drug-likeness (QED) is 0.618. The largest absolute Gasteiger partial charge is 0.389 e. The van der Waals surface area contributed by atoms with Crippen LogP contribution < -0.4 is 10.3 Å². The van der Waals surface area contributed by atoms with E-state index in [1.165, 1.54) is 0 Å². The summed E-state index contributed by atoms with van der Waals surface area (Å²) in [6, 6.07) is 3.52. The van der Waals surface area contributed by atoms with Gasteiger partial charge >= 0.3 is 0 Å². The standard InChI is InChI=1S/C9H12N2O2/c1-7(12)8-2-4-11(5-3-8)6-9(10)13/h2-5,7,12H,6H2,1H3,(H-,10,13)/p+1. The lowest BCUT2D eigenvalue weighted by molar-refractivity contribution is -0.684. The van der Waals surface area contributed by atoms with E-state index in [9.17, 15) is 9.90 Å². The number of aliphatic hydroxyl groups excluding tert-OH is 1. The van der Waals surface area contributed by atoms with E-state index in [0.717, 1.165) is 5.56 Å². The van der Waals surface area contributed by atoms with Gasteiger partial charge in [0.15, 0.2) is 12.4 Å². The van der Waals surface area contributed by atoms with Gasteiger partial charge in [-0.05, 0) is 12.5 Å². The number of primary amides is 1. The van der Waals surface area contributed by atoms with Crippen LogP contribution in [0.2, 0.25) is 0 Å². The molecule has 1 aromatic rings. The number of rotatable bonds is 3. The van der Waals surface area contributed by atoms with Crippen LogP contribution in [0.1, 0.15) is 18.6 Å². The molecule has 4 nitrogen and oxygen atoms in total. The lowest BCUT2D eigenvalue weighted by Gasteiger charge is -2.01. The van der Waals surface area contributed by atoms with Crippen LogP contribution in [0, 0.1) is 0 Å². The van der Waals surface area contributed by atoms with Crippen molar-refractivity contribution in [1.29, 1.82) is 0 Å². The van der Waals surface area contributed by atoms with Crippen LogP contribution in [0.3, 0.4) is 0 Å². The Bertz CT molecular complexity index is 293. The predicted molar refractivity (Wildman–Crippen MR) is 46.5 cm³/mol. The Hall–Kier alpha value is -1.42. The molecule has 1 rings (SSSR count). The summed E-state index contributed by atoms with van der Waals surface area (Å²) >= 11 is 0. The molecule has 3 N–H and O–H groups in total. The van der Waals surface area contributed by atoms with Gasteiger partial charge < -0.3 is 10.8 Å². The summed E-state index contributed by atoms with van der Waals surface area (Å²) < 4.78 is 1.66. The fourth-order valence-corrected chi connectivity index (χ4v) is 1.03. The fourth-order valence-electron chi connectivity index (χ4n) is 1.03. The molecule has 0 spiro atoms. The van der Waals surface area contributed by atoms with Crippen molar-refractivity contribution in [2.45, 2.75) is 19.6 Å². The smallest absolute Gasteiger partial charge is 0.283 e. The summed E-state index contributed by atoms with van der Waals surface area (Å²) in [7, 11) is 0. The van der Waals surface area contributed by atoms with E-state index < -0.39 is 6.10 Å². The van der Waals surface area contributed by atoms with Crippen LogP contribution in [0.5, 0.6) is 0 Å². The number of nitrogens with two attached hydrogens (primary N) is 1. The van der Waals surface area contributed by atoms with Gasteiger partial charge in [0.2, 0.25) is 6.54 Å². The molecule has 0 aliphatic heterocycles. The third-order valence-corrected chi connectivity index (χ3v) is 1.74. The Labute approximate surface area is 76.6 Å². The average Bonchev–Trinajstić information content (AvgIpc) is 2.04. The summed E-state index contributed by atoms with van der Waals surface area (Å²) in [6.07, 6.45) is 2.95. The van der Waals surface area contributed by atoms with Gasteiger partial charge in [0, 0.05) is 12.1 Å².